The summed E-state index contributed by atoms with van der Waals surface area (Å²) in [6.07, 6.45) is 3.48. The van der Waals surface area contributed by atoms with Crippen molar-refractivity contribution in [2.45, 2.75) is 24.2 Å². The SMILES string of the molecule is O=C(Cc1ccc(Cl)nc1)Nc1nc2ccc(S(=O)(=O)N3CCCC3)cc2s1. The van der Waals surface area contributed by atoms with Gasteiger partial charge in [0.25, 0.3) is 0 Å². The van der Waals surface area contributed by atoms with Crippen molar-refractivity contribution in [1.29, 1.82) is 0 Å². The fourth-order valence-corrected chi connectivity index (χ4v) is 5.71. The molecule has 1 aliphatic heterocycles. The minimum atomic E-state index is -3.48. The fraction of sp³-hybridized carbons (Fsp3) is 0.278. The number of sulfonamides is 1. The average Bonchev–Trinajstić information content (AvgIpc) is 3.32. The number of hydrogen-bond acceptors (Lipinski definition) is 6. The van der Waals surface area contributed by atoms with E-state index >= 15 is 0 Å². The maximum Gasteiger partial charge on any atom is 0.243 e. The van der Waals surface area contributed by atoms with E-state index in [2.05, 4.69) is 15.3 Å². The summed E-state index contributed by atoms with van der Waals surface area (Å²) < 4.78 is 27.7. The lowest BCUT2D eigenvalue weighted by atomic mass is 10.2. The van der Waals surface area contributed by atoms with Gasteiger partial charge in [0.05, 0.1) is 21.5 Å². The Morgan fingerprint density at radius 1 is 1.21 bits per heavy atom. The van der Waals surface area contributed by atoms with Crippen LogP contribution in [0.4, 0.5) is 5.13 Å². The third-order valence-electron chi connectivity index (χ3n) is 4.46. The Morgan fingerprint density at radius 3 is 2.71 bits per heavy atom. The number of carbonyl (C=O) groups is 1. The standard InChI is InChI=1S/C18H17ClN4O3S2/c19-16-6-3-12(11-20-16)9-17(24)22-18-21-14-5-4-13(10-15(14)27-18)28(25,26)23-7-1-2-8-23/h3-6,10-11H,1-2,7-9H2,(H,21,22,24). The van der Waals surface area contributed by atoms with Crippen LogP contribution in [0.3, 0.4) is 0 Å². The maximum atomic E-state index is 12.7. The van der Waals surface area contributed by atoms with E-state index in [4.69, 9.17) is 11.6 Å². The highest BCUT2D eigenvalue weighted by atomic mass is 35.5. The summed E-state index contributed by atoms with van der Waals surface area (Å²) in [4.78, 5) is 20.8. The number of nitrogens with zero attached hydrogens (tertiary/aromatic N) is 3. The zero-order valence-electron chi connectivity index (χ0n) is 14.8. The topological polar surface area (TPSA) is 92.3 Å². The Kier molecular flexibility index (Phi) is 5.33. The van der Waals surface area contributed by atoms with E-state index in [0.29, 0.717) is 33.6 Å². The third-order valence-corrected chi connectivity index (χ3v) is 7.51. The Balaban J connectivity index is 1.51. The second kappa shape index (κ2) is 7.75. The van der Waals surface area contributed by atoms with Crippen LogP contribution in [0.5, 0.6) is 0 Å². The van der Waals surface area contributed by atoms with E-state index in [1.807, 2.05) is 0 Å². The monoisotopic (exact) mass is 436 g/mol. The number of benzene rings is 1. The van der Waals surface area contributed by atoms with E-state index < -0.39 is 10.0 Å². The summed E-state index contributed by atoms with van der Waals surface area (Å²) in [6.45, 7) is 1.12. The first-order valence-electron chi connectivity index (χ1n) is 8.73. The van der Waals surface area contributed by atoms with Crippen molar-refractivity contribution in [2.75, 3.05) is 18.4 Å². The summed E-state index contributed by atoms with van der Waals surface area (Å²) in [5.74, 6) is -0.229. The summed E-state index contributed by atoms with van der Waals surface area (Å²) in [5, 5.41) is 3.55. The first-order valence-corrected chi connectivity index (χ1v) is 11.4. The van der Waals surface area contributed by atoms with Crippen LogP contribution in [0.25, 0.3) is 10.2 Å². The zero-order chi connectivity index (χ0) is 19.7. The summed E-state index contributed by atoms with van der Waals surface area (Å²) >= 11 is 6.99. The number of amides is 1. The molecule has 146 valence electrons. The smallest absolute Gasteiger partial charge is 0.243 e. The van der Waals surface area contributed by atoms with Gasteiger partial charge in [-0.2, -0.15) is 4.31 Å². The van der Waals surface area contributed by atoms with Gasteiger partial charge in [-0.05, 0) is 42.7 Å². The fourth-order valence-electron chi connectivity index (χ4n) is 3.06. The molecule has 7 nitrogen and oxygen atoms in total. The van der Waals surface area contributed by atoms with Crippen LogP contribution in [0.1, 0.15) is 18.4 Å². The maximum absolute atomic E-state index is 12.7. The van der Waals surface area contributed by atoms with Crippen LogP contribution in [-0.4, -0.2) is 41.7 Å². The highest BCUT2D eigenvalue weighted by Crippen LogP contribution is 2.30. The van der Waals surface area contributed by atoms with Gasteiger partial charge in [-0.1, -0.05) is 29.0 Å². The Bertz CT molecular complexity index is 1120. The Labute approximate surface area is 171 Å². The van der Waals surface area contributed by atoms with E-state index in [9.17, 15) is 13.2 Å². The molecular weight excluding hydrogens is 420 g/mol. The van der Waals surface area contributed by atoms with Crippen molar-refractivity contribution in [3.8, 4) is 0 Å². The Morgan fingerprint density at radius 2 is 2.00 bits per heavy atom. The van der Waals surface area contributed by atoms with Crippen LogP contribution < -0.4 is 5.32 Å². The molecule has 0 radical (unpaired) electrons. The second-order valence-corrected chi connectivity index (χ2v) is 9.83. The largest absolute Gasteiger partial charge is 0.302 e. The van der Waals surface area contributed by atoms with Gasteiger partial charge >= 0.3 is 0 Å². The molecule has 0 saturated carbocycles. The number of thiazole rings is 1. The molecule has 3 aromatic rings. The molecule has 0 spiro atoms. The lowest BCUT2D eigenvalue weighted by Crippen LogP contribution is -2.27. The average molecular weight is 437 g/mol. The first-order chi connectivity index (χ1) is 13.4. The summed E-state index contributed by atoms with van der Waals surface area (Å²) in [6, 6.07) is 8.24. The van der Waals surface area contributed by atoms with Crippen molar-refractivity contribution in [1.82, 2.24) is 14.3 Å². The number of anilines is 1. The van der Waals surface area contributed by atoms with Crippen molar-refractivity contribution in [3.05, 3.63) is 47.2 Å². The molecule has 4 rings (SSSR count). The highest BCUT2D eigenvalue weighted by Gasteiger charge is 2.27. The van der Waals surface area contributed by atoms with Gasteiger partial charge in [0.1, 0.15) is 5.15 Å². The van der Waals surface area contributed by atoms with Gasteiger partial charge in [0.2, 0.25) is 15.9 Å². The number of halogens is 1. The number of hydrogen-bond donors (Lipinski definition) is 1. The number of nitrogens with one attached hydrogen (secondary N) is 1. The quantitative estimate of drug-likeness (QED) is 0.619. The molecule has 1 aliphatic rings. The van der Waals surface area contributed by atoms with Crippen molar-refractivity contribution < 1.29 is 13.2 Å². The van der Waals surface area contributed by atoms with Crippen LogP contribution >= 0.6 is 22.9 Å². The molecular formula is C18H17ClN4O3S2. The third kappa shape index (κ3) is 4.02. The highest BCUT2D eigenvalue weighted by molar-refractivity contribution is 7.89. The minimum absolute atomic E-state index is 0.148. The van der Waals surface area contributed by atoms with Crippen LogP contribution in [0.15, 0.2) is 41.4 Å². The lowest BCUT2D eigenvalue weighted by molar-refractivity contribution is -0.115. The summed E-state index contributed by atoms with van der Waals surface area (Å²) in [7, 11) is -3.48. The number of aromatic nitrogens is 2. The minimum Gasteiger partial charge on any atom is -0.302 e. The summed E-state index contributed by atoms with van der Waals surface area (Å²) in [5.41, 5.74) is 1.39. The normalized spacial score (nSPS) is 15.2. The van der Waals surface area contributed by atoms with Crippen LogP contribution in [-0.2, 0) is 21.2 Å². The molecule has 1 aromatic carbocycles. The molecule has 0 aliphatic carbocycles. The molecule has 1 fully saturated rings. The van der Waals surface area contributed by atoms with Gasteiger partial charge in [0, 0.05) is 19.3 Å². The van der Waals surface area contributed by atoms with E-state index in [-0.39, 0.29) is 17.2 Å². The molecule has 1 N–H and O–H groups in total. The molecule has 0 bridgehead atoms. The molecule has 1 amide bonds. The number of pyridine rings is 1. The zero-order valence-corrected chi connectivity index (χ0v) is 17.1. The van der Waals surface area contributed by atoms with Gasteiger partial charge in [-0.3, -0.25) is 4.79 Å². The molecule has 0 unspecified atom stereocenters. The van der Waals surface area contributed by atoms with Crippen LogP contribution in [0, 0.1) is 0 Å². The van der Waals surface area contributed by atoms with E-state index in [1.54, 1.807) is 36.5 Å². The molecule has 2 aromatic heterocycles. The van der Waals surface area contributed by atoms with Crippen molar-refractivity contribution >= 4 is 54.2 Å². The van der Waals surface area contributed by atoms with Crippen molar-refractivity contribution in [2.24, 2.45) is 0 Å². The second-order valence-electron chi connectivity index (χ2n) is 6.47. The van der Waals surface area contributed by atoms with Crippen LogP contribution in [0.2, 0.25) is 5.15 Å². The number of rotatable bonds is 5. The van der Waals surface area contributed by atoms with Gasteiger partial charge < -0.3 is 5.32 Å². The molecule has 28 heavy (non-hydrogen) atoms. The molecule has 10 heteroatoms. The van der Waals surface area contributed by atoms with Gasteiger partial charge in [-0.15, -0.1) is 0 Å². The molecule has 1 saturated heterocycles. The van der Waals surface area contributed by atoms with Crippen molar-refractivity contribution in [3.63, 3.8) is 0 Å². The van der Waals surface area contributed by atoms with Gasteiger partial charge in [0.15, 0.2) is 5.13 Å². The number of carbonyl (C=O) groups excluding carboxylic acids is 1. The van der Waals surface area contributed by atoms with E-state index in [0.717, 1.165) is 18.4 Å². The predicted octanol–water partition coefficient (Wildman–Crippen LogP) is 3.31. The van der Waals surface area contributed by atoms with Gasteiger partial charge in [-0.25, -0.2) is 18.4 Å². The molecule has 0 atom stereocenters. The Hall–Kier alpha value is -2.07. The lowest BCUT2D eigenvalue weighted by Gasteiger charge is -2.15. The first kappa shape index (κ1) is 19.3. The molecule has 3 heterocycles. The predicted molar refractivity (Wildman–Crippen MR) is 109 cm³/mol. The van der Waals surface area contributed by atoms with E-state index in [1.165, 1.54) is 15.6 Å². The number of fused-ring (bicyclic) bond motifs is 1.